The largest absolute Gasteiger partial charge is 0.364 e. The number of hydrogen-bond donors (Lipinski definition) is 0. The van der Waals surface area contributed by atoms with Crippen LogP contribution in [0.4, 0.5) is 5.69 Å². The molecule has 0 saturated heterocycles. The first-order valence-electron chi connectivity index (χ1n) is 8.12. The van der Waals surface area contributed by atoms with Crippen LogP contribution in [0.3, 0.4) is 0 Å². The number of anilines is 1. The van der Waals surface area contributed by atoms with Crippen LogP contribution in [0, 0.1) is 0 Å². The van der Waals surface area contributed by atoms with E-state index in [0.717, 1.165) is 19.4 Å². The highest BCUT2D eigenvalue weighted by molar-refractivity contribution is 5.77. The van der Waals surface area contributed by atoms with Crippen molar-refractivity contribution in [1.29, 1.82) is 0 Å². The maximum absolute atomic E-state index is 11.8. The van der Waals surface area contributed by atoms with E-state index in [1.807, 2.05) is 0 Å². The Bertz CT molecular complexity index is 660. The van der Waals surface area contributed by atoms with Crippen LogP contribution >= 0.6 is 0 Å². The summed E-state index contributed by atoms with van der Waals surface area (Å²) in [6.07, 6.45) is 2.67. The molecule has 0 bridgehead atoms. The van der Waals surface area contributed by atoms with Crippen molar-refractivity contribution >= 4 is 11.5 Å². The van der Waals surface area contributed by atoms with E-state index in [1.54, 1.807) is 6.92 Å². The van der Waals surface area contributed by atoms with Gasteiger partial charge in [0.05, 0.1) is 6.04 Å². The number of carbonyl (C=O) groups is 1. The first-order chi connectivity index (χ1) is 10.7. The van der Waals surface area contributed by atoms with Crippen molar-refractivity contribution in [2.45, 2.75) is 39.2 Å². The number of rotatable bonds is 4. The quantitative estimate of drug-likeness (QED) is 0.836. The van der Waals surface area contributed by atoms with Gasteiger partial charge in [0.15, 0.2) is 0 Å². The Morgan fingerprint density at radius 1 is 1.14 bits per heavy atom. The van der Waals surface area contributed by atoms with Gasteiger partial charge in [0.2, 0.25) is 0 Å². The van der Waals surface area contributed by atoms with E-state index in [-0.39, 0.29) is 11.8 Å². The smallest absolute Gasteiger partial charge is 0.132 e. The second kappa shape index (κ2) is 6.35. The Morgan fingerprint density at radius 3 is 2.55 bits per heavy atom. The molecule has 114 valence electrons. The molecule has 2 nitrogen and oxygen atoms in total. The third-order valence-corrected chi connectivity index (χ3v) is 4.57. The van der Waals surface area contributed by atoms with Crippen molar-refractivity contribution < 1.29 is 4.79 Å². The van der Waals surface area contributed by atoms with Gasteiger partial charge in [0.25, 0.3) is 0 Å². The van der Waals surface area contributed by atoms with Crippen molar-refractivity contribution in [1.82, 2.24) is 0 Å². The minimum Gasteiger partial charge on any atom is -0.364 e. The van der Waals surface area contributed by atoms with E-state index in [0.29, 0.717) is 6.42 Å². The standard InChI is InChI=1S/C20H23NO/c1-3-16-8-10-18(11-9-16)21-13-12-17-6-4-5-7-19(17)20(21)14-15(2)22/h4-11,20H,3,12-14H2,1-2H3. The van der Waals surface area contributed by atoms with Crippen molar-refractivity contribution in [3.63, 3.8) is 0 Å². The predicted molar refractivity (Wildman–Crippen MR) is 91.4 cm³/mol. The Morgan fingerprint density at radius 2 is 1.86 bits per heavy atom. The van der Waals surface area contributed by atoms with E-state index in [4.69, 9.17) is 0 Å². The van der Waals surface area contributed by atoms with Gasteiger partial charge in [-0.05, 0) is 48.6 Å². The fourth-order valence-electron chi connectivity index (χ4n) is 3.38. The molecule has 1 aliphatic heterocycles. The molecule has 1 unspecified atom stereocenters. The van der Waals surface area contributed by atoms with Crippen molar-refractivity contribution in [3.05, 3.63) is 65.2 Å². The predicted octanol–water partition coefficient (Wildman–Crippen LogP) is 4.33. The van der Waals surface area contributed by atoms with E-state index in [2.05, 4.69) is 60.4 Å². The summed E-state index contributed by atoms with van der Waals surface area (Å²) in [6, 6.07) is 17.5. The van der Waals surface area contributed by atoms with Gasteiger partial charge in [0.1, 0.15) is 5.78 Å². The number of ketones is 1. The molecule has 1 aliphatic rings. The van der Waals surface area contributed by atoms with Crippen LogP contribution in [0.25, 0.3) is 0 Å². The van der Waals surface area contributed by atoms with Gasteiger partial charge in [-0.15, -0.1) is 0 Å². The van der Waals surface area contributed by atoms with Gasteiger partial charge in [-0.25, -0.2) is 0 Å². The molecule has 0 saturated carbocycles. The summed E-state index contributed by atoms with van der Waals surface area (Å²) in [6.45, 7) is 4.83. The zero-order chi connectivity index (χ0) is 15.5. The average molecular weight is 293 g/mol. The van der Waals surface area contributed by atoms with Crippen molar-refractivity contribution in [3.8, 4) is 0 Å². The molecule has 2 aromatic rings. The van der Waals surface area contributed by atoms with Gasteiger partial charge in [-0.2, -0.15) is 0 Å². The minimum atomic E-state index is 0.162. The highest BCUT2D eigenvalue weighted by Crippen LogP contribution is 2.36. The molecule has 0 amide bonds. The van der Waals surface area contributed by atoms with E-state index in [9.17, 15) is 4.79 Å². The lowest BCUT2D eigenvalue weighted by atomic mass is 9.89. The first-order valence-corrected chi connectivity index (χ1v) is 8.12. The number of fused-ring (bicyclic) bond motifs is 1. The van der Waals surface area contributed by atoms with E-state index in [1.165, 1.54) is 22.4 Å². The summed E-state index contributed by atoms with van der Waals surface area (Å²) in [4.78, 5) is 14.2. The van der Waals surface area contributed by atoms with E-state index < -0.39 is 0 Å². The number of nitrogens with zero attached hydrogens (tertiary/aromatic N) is 1. The van der Waals surface area contributed by atoms with Crippen molar-refractivity contribution in [2.24, 2.45) is 0 Å². The molecule has 2 aromatic carbocycles. The number of hydrogen-bond acceptors (Lipinski definition) is 2. The van der Waals surface area contributed by atoms with Gasteiger partial charge in [-0.1, -0.05) is 43.3 Å². The fraction of sp³-hybridized carbons (Fsp3) is 0.350. The molecule has 1 atom stereocenters. The molecular formula is C20H23NO. The summed E-state index contributed by atoms with van der Waals surface area (Å²) in [5.74, 6) is 0.247. The van der Waals surface area contributed by atoms with Gasteiger partial charge in [-0.3, -0.25) is 4.79 Å². The third-order valence-electron chi connectivity index (χ3n) is 4.57. The number of Topliss-reactive ketones (excluding diaryl/α,β-unsaturated/α-hetero) is 1. The summed E-state index contributed by atoms with van der Waals surface area (Å²) in [7, 11) is 0. The molecule has 0 radical (unpaired) electrons. The second-order valence-electron chi connectivity index (χ2n) is 6.08. The molecule has 2 heteroatoms. The molecule has 0 aromatic heterocycles. The number of aryl methyl sites for hydroxylation is 1. The van der Waals surface area contributed by atoms with Crippen LogP contribution in [-0.2, 0) is 17.6 Å². The summed E-state index contributed by atoms with van der Waals surface area (Å²) in [5.41, 5.74) is 5.26. The number of benzene rings is 2. The van der Waals surface area contributed by atoms with Crippen LogP contribution in [0.1, 0.15) is 43.0 Å². The van der Waals surface area contributed by atoms with Gasteiger partial charge >= 0.3 is 0 Å². The lowest BCUT2D eigenvalue weighted by Gasteiger charge is -2.39. The Balaban J connectivity index is 1.97. The molecular weight excluding hydrogens is 270 g/mol. The van der Waals surface area contributed by atoms with Crippen LogP contribution in [0.2, 0.25) is 0 Å². The average Bonchev–Trinajstić information content (AvgIpc) is 2.55. The topological polar surface area (TPSA) is 20.3 Å². The van der Waals surface area contributed by atoms with Crippen LogP contribution in [0.5, 0.6) is 0 Å². The van der Waals surface area contributed by atoms with Crippen LogP contribution in [0.15, 0.2) is 48.5 Å². The fourth-order valence-corrected chi connectivity index (χ4v) is 3.38. The Kier molecular flexibility index (Phi) is 4.28. The Labute approximate surface area is 132 Å². The van der Waals surface area contributed by atoms with Crippen LogP contribution in [-0.4, -0.2) is 12.3 Å². The second-order valence-corrected chi connectivity index (χ2v) is 6.08. The SMILES string of the molecule is CCc1ccc(N2CCc3ccccc3C2CC(C)=O)cc1. The summed E-state index contributed by atoms with van der Waals surface area (Å²) >= 11 is 0. The summed E-state index contributed by atoms with van der Waals surface area (Å²) < 4.78 is 0. The maximum Gasteiger partial charge on any atom is 0.132 e. The molecule has 0 fully saturated rings. The molecule has 22 heavy (non-hydrogen) atoms. The Hall–Kier alpha value is -2.09. The van der Waals surface area contributed by atoms with Crippen molar-refractivity contribution in [2.75, 3.05) is 11.4 Å². The van der Waals surface area contributed by atoms with Gasteiger partial charge < -0.3 is 4.90 Å². The maximum atomic E-state index is 11.8. The molecule has 0 aliphatic carbocycles. The lowest BCUT2D eigenvalue weighted by molar-refractivity contribution is -0.117. The zero-order valence-corrected chi connectivity index (χ0v) is 13.4. The normalized spacial score (nSPS) is 17.2. The molecule has 1 heterocycles. The molecule has 3 rings (SSSR count). The monoisotopic (exact) mass is 293 g/mol. The highest BCUT2D eigenvalue weighted by Gasteiger charge is 2.28. The lowest BCUT2D eigenvalue weighted by Crippen LogP contribution is -2.36. The highest BCUT2D eigenvalue weighted by atomic mass is 16.1. The van der Waals surface area contributed by atoms with Gasteiger partial charge in [0, 0.05) is 18.7 Å². The van der Waals surface area contributed by atoms with Crippen LogP contribution < -0.4 is 4.90 Å². The zero-order valence-electron chi connectivity index (χ0n) is 13.4. The third kappa shape index (κ3) is 2.92. The minimum absolute atomic E-state index is 0.162. The molecule has 0 spiro atoms. The van der Waals surface area contributed by atoms with E-state index >= 15 is 0 Å². The first kappa shape index (κ1) is 14.8. The number of carbonyl (C=O) groups excluding carboxylic acids is 1. The summed E-state index contributed by atoms with van der Waals surface area (Å²) in [5, 5.41) is 0. The molecule has 0 N–H and O–H groups in total.